The predicted molar refractivity (Wildman–Crippen MR) is 182 cm³/mol. The minimum atomic E-state index is -4.26. The molecule has 0 aliphatic heterocycles. The first-order valence-electron chi connectivity index (χ1n) is 14.3. The molecule has 4 aromatic carbocycles. The summed E-state index contributed by atoms with van der Waals surface area (Å²) < 4.78 is 29.3. The fraction of sp³-hybridized carbons (Fsp3) is 0.235. The van der Waals surface area contributed by atoms with Gasteiger partial charge in [-0.15, -0.1) is 0 Å². The van der Waals surface area contributed by atoms with Gasteiger partial charge < -0.3 is 10.2 Å². The first-order chi connectivity index (χ1) is 21.4. The number of nitrogens with one attached hydrogen (secondary N) is 1. The largest absolute Gasteiger partial charge is 0.355 e. The van der Waals surface area contributed by atoms with Gasteiger partial charge in [0.1, 0.15) is 12.6 Å². The molecular weight excluding hydrogens is 653 g/mol. The van der Waals surface area contributed by atoms with Crippen LogP contribution >= 0.6 is 34.8 Å². The van der Waals surface area contributed by atoms with E-state index < -0.39 is 34.4 Å². The molecule has 0 spiro atoms. The molecule has 0 heterocycles. The second-order valence-corrected chi connectivity index (χ2v) is 13.7. The Bertz CT molecular complexity index is 1750. The van der Waals surface area contributed by atoms with E-state index in [0.29, 0.717) is 27.2 Å². The van der Waals surface area contributed by atoms with E-state index in [0.717, 1.165) is 21.0 Å². The van der Waals surface area contributed by atoms with Crippen LogP contribution in [0.1, 0.15) is 29.2 Å². The lowest BCUT2D eigenvalue weighted by Gasteiger charge is -2.34. The molecule has 4 rings (SSSR count). The number of rotatable bonds is 12. The molecule has 0 aromatic heterocycles. The van der Waals surface area contributed by atoms with Gasteiger partial charge in [-0.2, -0.15) is 0 Å². The molecule has 7 nitrogen and oxygen atoms in total. The molecule has 4 aromatic rings. The number of carbonyl (C=O) groups excluding carboxylic acids is 2. The zero-order valence-corrected chi connectivity index (χ0v) is 28.2. The molecule has 236 valence electrons. The third-order valence-corrected chi connectivity index (χ3v) is 10.2. The second-order valence-electron chi connectivity index (χ2n) is 10.6. The lowest BCUT2D eigenvalue weighted by atomic mass is 10.0. The Balaban J connectivity index is 1.84. The normalized spacial score (nSPS) is 12.0. The number of carbonyl (C=O) groups is 2. The summed E-state index contributed by atoms with van der Waals surface area (Å²) in [6, 6.07) is 24.4. The van der Waals surface area contributed by atoms with E-state index in [4.69, 9.17) is 34.8 Å². The highest BCUT2D eigenvalue weighted by molar-refractivity contribution is 7.92. The van der Waals surface area contributed by atoms with E-state index in [-0.39, 0.29) is 23.5 Å². The number of hydrogen-bond acceptors (Lipinski definition) is 4. The Hall–Kier alpha value is -3.56. The van der Waals surface area contributed by atoms with Gasteiger partial charge in [0, 0.05) is 40.1 Å². The summed E-state index contributed by atoms with van der Waals surface area (Å²) in [5.74, 6) is -1.03. The topological polar surface area (TPSA) is 86.8 Å². The summed E-state index contributed by atoms with van der Waals surface area (Å²) in [5.41, 5.74) is 3.07. The third kappa shape index (κ3) is 8.38. The number of nitrogens with zero attached hydrogens (tertiary/aromatic N) is 2. The molecule has 11 heteroatoms. The van der Waals surface area contributed by atoms with E-state index >= 15 is 0 Å². The van der Waals surface area contributed by atoms with E-state index in [1.165, 1.54) is 23.1 Å². The smallest absolute Gasteiger partial charge is 0.264 e. The van der Waals surface area contributed by atoms with E-state index in [2.05, 4.69) is 5.32 Å². The van der Waals surface area contributed by atoms with Crippen molar-refractivity contribution in [3.8, 4) is 0 Å². The number of hydrogen-bond donors (Lipinski definition) is 1. The Kier molecular flexibility index (Phi) is 11.6. The second kappa shape index (κ2) is 15.1. The summed E-state index contributed by atoms with van der Waals surface area (Å²) in [6.45, 7) is 5.00. The van der Waals surface area contributed by atoms with E-state index in [1.807, 2.05) is 37.3 Å². The molecule has 45 heavy (non-hydrogen) atoms. The highest BCUT2D eigenvalue weighted by Gasteiger charge is 2.35. The molecule has 0 radical (unpaired) electrons. The molecule has 0 saturated heterocycles. The maximum Gasteiger partial charge on any atom is 0.264 e. The number of amides is 2. The van der Waals surface area contributed by atoms with Gasteiger partial charge in [-0.05, 0) is 68.3 Å². The number of anilines is 1. The summed E-state index contributed by atoms with van der Waals surface area (Å²) >= 11 is 19.5. The lowest BCUT2D eigenvalue weighted by Crippen LogP contribution is -2.53. The summed E-state index contributed by atoms with van der Waals surface area (Å²) in [6.07, 6.45) is 0.168. The molecule has 0 aliphatic carbocycles. The van der Waals surface area contributed by atoms with Crippen LogP contribution in [0.4, 0.5) is 5.69 Å². The van der Waals surface area contributed by atoms with Crippen LogP contribution in [-0.2, 0) is 32.6 Å². The van der Waals surface area contributed by atoms with Crippen LogP contribution < -0.4 is 9.62 Å². The number of benzene rings is 4. The summed E-state index contributed by atoms with van der Waals surface area (Å²) in [4.78, 5) is 29.5. The maximum absolute atomic E-state index is 14.5. The van der Waals surface area contributed by atoms with Crippen molar-refractivity contribution < 1.29 is 18.0 Å². The van der Waals surface area contributed by atoms with Crippen molar-refractivity contribution in [1.29, 1.82) is 0 Å². The molecular formula is C34H34Cl3N3O4S. The first-order valence-corrected chi connectivity index (χ1v) is 16.9. The third-order valence-electron chi connectivity index (χ3n) is 7.34. The van der Waals surface area contributed by atoms with Crippen molar-refractivity contribution in [3.05, 3.63) is 128 Å². The average molecular weight is 687 g/mol. The van der Waals surface area contributed by atoms with Crippen molar-refractivity contribution in [3.63, 3.8) is 0 Å². The molecule has 1 N–H and O–H groups in total. The Morgan fingerprint density at radius 3 is 2.07 bits per heavy atom. The Labute approximate surface area is 279 Å². The van der Waals surface area contributed by atoms with Crippen LogP contribution in [0.5, 0.6) is 0 Å². The minimum Gasteiger partial charge on any atom is -0.355 e. The van der Waals surface area contributed by atoms with Crippen LogP contribution in [0, 0.1) is 13.8 Å². The zero-order chi connectivity index (χ0) is 32.7. The monoisotopic (exact) mass is 685 g/mol. The summed E-state index contributed by atoms with van der Waals surface area (Å²) in [5, 5.41) is 3.79. The van der Waals surface area contributed by atoms with Gasteiger partial charge >= 0.3 is 0 Å². The predicted octanol–water partition coefficient (Wildman–Crippen LogP) is 7.24. The van der Waals surface area contributed by atoms with Crippen LogP contribution in [0.25, 0.3) is 0 Å². The molecule has 0 saturated carbocycles. The van der Waals surface area contributed by atoms with Crippen LogP contribution in [0.15, 0.2) is 95.9 Å². The zero-order valence-electron chi connectivity index (χ0n) is 25.1. The lowest BCUT2D eigenvalue weighted by molar-refractivity contribution is -0.140. The molecule has 0 fully saturated rings. The standard InChI is InChI=1S/C34H34Cl3N3O4S/c1-4-38-34(42)32(19-25-9-6-5-7-10-25)39(21-28-29(35)11-8-12-30(28)36)33(41)22-40(26-16-15-24(3)31(37)20-26)45(43,44)27-17-13-23(2)14-18-27/h5-18,20,32H,4,19,21-22H2,1-3H3,(H,38,42). The van der Waals surface area contributed by atoms with Gasteiger partial charge in [-0.3, -0.25) is 13.9 Å². The molecule has 2 amide bonds. The number of halogens is 3. The molecule has 1 unspecified atom stereocenters. The quantitative estimate of drug-likeness (QED) is 0.170. The number of likely N-dealkylation sites (N-methyl/N-ethyl adjacent to an activating group) is 1. The SMILES string of the molecule is CCNC(=O)C(Cc1ccccc1)N(Cc1c(Cl)cccc1Cl)C(=O)CN(c1ccc(C)c(Cl)c1)S(=O)(=O)c1ccc(C)cc1. The highest BCUT2D eigenvalue weighted by Crippen LogP contribution is 2.30. The summed E-state index contributed by atoms with van der Waals surface area (Å²) in [7, 11) is -4.26. The van der Waals surface area contributed by atoms with Crippen molar-refractivity contribution in [2.75, 3.05) is 17.4 Å². The number of sulfonamides is 1. The fourth-order valence-corrected chi connectivity index (χ4v) is 6.90. The Morgan fingerprint density at radius 2 is 1.47 bits per heavy atom. The van der Waals surface area contributed by atoms with Gasteiger partial charge in [-0.25, -0.2) is 8.42 Å². The van der Waals surface area contributed by atoms with Crippen molar-refractivity contribution in [2.24, 2.45) is 0 Å². The van der Waals surface area contributed by atoms with E-state index in [1.54, 1.807) is 56.3 Å². The molecule has 1 atom stereocenters. The van der Waals surface area contributed by atoms with E-state index in [9.17, 15) is 18.0 Å². The fourth-order valence-electron chi connectivity index (χ4n) is 4.80. The van der Waals surface area contributed by atoms with Crippen LogP contribution in [0.3, 0.4) is 0 Å². The van der Waals surface area contributed by atoms with Crippen LogP contribution in [0.2, 0.25) is 15.1 Å². The maximum atomic E-state index is 14.5. The van der Waals surface area contributed by atoms with Gasteiger partial charge in [0.25, 0.3) is 10.0 Å². The Morgan fingerprint density at radius 1 is 0.822 bits per heavy atom. The minimum absolute atomic E-state index is 0.00265. The molecule has 0 bridgehead atoms. The molecule has 0 aliphatic rings. The van der Waals surface area contributed by atoms with Gasteiger partial charge in [0.05, 0.1) is 10.6 Å². The van der Waals surface area contributed by atoms with Crippen molar-refractivity contribution >= 4 is 62.3 Å². The highest BCUT2D eigenvalue weighted by atomic mass is 35.5. The first kappa shape index (κ1) is 34.3. The van der Waals surface area contributed by atoms with Gasteiger partial charge in [-0.1, -0.05) is 95.0 Å². The van der Waals surface area contributed by atoms with Crippen molar-refractivity contribution in [1.82, 2.24) is 10.2 Å². The van der Waals surface area contributed by atoms with Gasteiger partial charge in [0.15, 0.2) is 0 Å². The average Bonchev–Trinajstić information content (AvgIpc) is 3.01. The number of aryl methyl sites for hydroxylation is 2. The van der Waals surface area contributed by atoms with Crippen LogP contribution in [-0.4, -0.2) is 44.3 Å². The van der Waals surface area contributed by atoms with Crippen molar-refractivity contribution in [2.45, 2.75) is 44.7 Å². The van der Waals surface area contributed by atoms with Gasteiger partial charge in [0.2, 0.25) is 11.8 Å².